The Labute approximate surface area is 151 Å². The van der Waals surface area contributed by atoms with Crippen LogP contribution in [0.4, 0.5) is 0 Å². The zero-order valence-electron chi connectivity index (χ0n) is 13.4. The molecule has 0 aliphatic heterocycles. The molecule has 3 aromatic rings. The number of nitrogens with one attached hydrogen (secondary N) is 2. The minimum atomic E-state index is 0.538. The second-order valence-electron chi connectivity index (χ2n) is 5.53. The molecular formula is C18H19Cl2N3O. The summed E-state index contributed by atoms with van der Waals surface area (Å²) >= 11 is 12.4. The van der Waals surface area contributed by atoms with Crippen LogP contribution in [0.3, 0.4) is 0 Å². The number of benzene rings is 2. The lowest BCUT2D eigenvalue weighted by molar-refractivity contribution is 0.313. The van der Waals surface area contributed by atoms with Gasteiger partial charge in [-0.1, -0.05) is 42.3 Å². The zero-order chi connectivity index (χ0) is 16.9. The molecule has 0 atom stereocenters. The van der Waals surface area contributed by atoms with Gasteiger partial charge in [-0.2, -0.15) is 0 Å². The van der Waals surface area contributed by atoms with Crippen molar-refractivity contribution in [2.45, 2.75) is 26.4 Å². The number of hydrogen-bond donors (Lipinski definition) is 2. The molecule has 2 N–H and O–H groups in total. The molecule has 0 saturated carbocycles. The first-order valence-electron chi connectivity index (χ1n) is 7.92. The molecule has 0 amide bonds. The lowest BCUT2D eigenvalue weighted by Crippen LogP contribution is -2.15. The molecule has 0 fully saturated rings. The lowest BCUT2D eigenvalue weighted by Gasteiger charge is -2.14. The highest BCUT2D eigenvalue weighted by atomic mass is 35.5. The Bertz CT molecular complexity index is 799. The zero-order valence-corrected chi connectivity index (χ0v) is 14.9. The normalized spacial score (nSPS) is 11.1. The average molecular weight is 364 g/mol. The van der Waals surface area contributed by atoms with Crippen LogP contribution in [-0.4, -0.2) is 16.6 Å². The van der Waals surface area contributed by atoms with E-state index in [0.29, 0.717) is 35.5 Å². The number of aromatic nitrogens is 2. The average Bonchev–Trinajstić information content (AvgIpc) is 2.96. The monoisotopic (exact) mass is 363 g/mol. The molecule has 4 nitrogen and oxygen atoms in total. The minimum absolute atomic E-state index is 0.538. The van der Waals surface area contributed by atoms with E-state index < -0.39 is 0 Å². The van der Waals surface area contributed by atoms with Gasteiger partial charge in [0.2, 0.25) is 0 Å². The number of fused-ring (bicyclic) bond motifs is 1. The van der Waals surface area contributed by atoms with Gasteiger partial charge in [0, 0.05) is 17.1 Å². The maximum atomic E-state index is 6.26. The van der Waals surface area contributed by atoms with E-state index in [0.717, 1.165) is 28.8 Å². The fraction of sp³-hybridized carbons (Fsp3) is 0.278. The molecule has 0 aliphatic carbocycles. The Kier molecular flexibility index (Phi) is 5.61. The fourth-order valence-corrected chi connectivity index (χ4v) is 3.11. The van der Waals surface area contributed by atoms with Gasteiger partial charge in [-0.15, -0.1) is 0 Å². The highest BCUT2D eigenvalue weighted by molar-refractivity contribution is 6.35. The molecule has 1 heterocycles. The summed E-state index contributed by atoms with van der Waals surface area (Å²) in [5, 5.41) is 4.50. The van der Waals surface area contributed by atoms with Crippen molar-refractivity contribution in [2.75, 3.05) is 6.61 Å². The predicted molar refractivity (Wildman–Crippen MR) is 98.9 cm³/mol. The quantitative estimate of drug-likeness (QED) is 0.624. The van der Waals surface area contributed by atoms with Crippen LogP contribution in [0.5, 0.6) is 5.75 Å². The lowest BCUT2D eigenvalue weighted by atomic mass is 10.2. The Balaban J connectivity index is 1.69. The molecule has 0 radical (unpaired) electrons. The summed E-state index contributed by atoms with van der Waals surface area (Å²) in [7, 11) is 0. The number of imidazole rings is 1. The number of hydrogen-bond acceptors (Lipinski definition) is 3. The van der Waals surface area contributed by atoms with Crippen LogP contribution in [-0.2, 0) is 13.1 Å². The first kappa shape index (κ1) is 17.1. The molecule has 1 aromatic heterocycles. The SMILES string of the molecule is CCCOc1c(Cl)cc(Cl)cc1CNCc1nc2ccccc2[nH]1. The summed E-state index contributed by atoms with van der Waals surface area (Å²) in [6.45, 7) is 3.89. The van der Waals surface area contributed by atoms with Crippen molar-refractivity contribution in [3.05, 3.63) is 57.8 Å². The maximum absolute atomic E-state index is 6.26. The third-order valence-corrected chi connectivity index (χ3v) is 4.08. The van der Waals surface area contributed by atoms with Gasteiger partial charge in [-0.3, -0.25) is 0 Å². The third-order valence-electron chi connectivity index (χ3n) is 3.58. The van der Waals surface area contributed by atoms with E-state index in [1.54, 1.807) is 6.07 Å². The van der Waals surface area contributed by atoms with Crippen LogP contribution in [0.1, 0.15) is 24.7 Å². The number of para-hydroxylation sites is 2. The molecular weight excluding hydrogens is 345 g/mol. The summed E-state index contributed by atoms with van der Waals surface area (Å²) in [4.78, 5) is 7.85. The van der Waals surface area contributed by atoms with Crippen LogP contribution >= 0.6 is 23.2 Å². The Morgan fingerprint density at radius 3 is 2.79 bits per heavy atom. The Morgan fingerprint density at radius 2 is 2.00 bits per heavy atom. The number of rotatable bonds is 7. The van der Waals surface area contributed by atoms with Gasteiger partial charge in [0.15, 0.2) is 0 Å². The fourth-order valence-electron chi connectivity index (χ4n) is 2.52. The van der Waals surface area contributed by atoms with E-state index in [1.165, 1.54) is 0 Å². The second kappa shape index (κ2) is 7.88. The van der Waals surface area contributed by atoms with Gasteiger partial charge in [0.1, 0.15) is 11.6 Å². The van der Waals surface area contributed by atoms with Gasteiger partial charge in [0.25, 0.3) is 0 Å². The van der Waals surface area contributed by atoms with Crippen molar-refractivity contribution in [1.29, 1.82) is 0 Å². The van der Waals surface area contributed by atoms with E-state index in [-0.39, 0.29) is 0 Å². The molecule has 6 heteroatoms. The largest absolute Gasteiger partial charge is 0.492 e. The van der Waals surface area contributed by atoms with Gasteiger partial charge < -0.3 is 15.0 Å². The van der Waals surface area contributed by atoms with Gasteiger partial charge in [0.05, 0.1) is 29.2 Å². The van der Waals surface area contributed by atoms with Crippen LogP contribution in [0, 0.1) is 0 Å². The Hall–Kier alpha value is -1.75. The van der Waals surface area contributed by atoms with Crippen LogP contribution in [0.2, 0.25) is 10.0 Å². The summed E-state index contributed by atoms with van der Waals surface area (Å²) in [5.41, 5.74) is 2.94. The van der Waals surface area contributed by atoms with Crippen molar-refractivity contribution in [3.63, 3.8) is 0 Å². The van der Waals surface area contributed by atoms with Gasteiger partial charge in [-0.05, 0) is 30.7 Å². The van der Waals surface area contributed by atoms with Gasteiger partial charge in [-0.25, -0.2) is 4.98 Å². The smallest absolute Gasteiger partial charge is 0.142 e. The first-order chi connectivity index (χ1) is 11.7. The predicted octanol–water partition coefficient (Wildman–Crippen LogP) is 4.95. The highest BCUT2D eigenvalue weighted by Crippen LogP contribution is 2.32. The third kappa shape index (κ3) is 4.01. The van der Waals surface area contributed by atoms with E-state index in [2.05, 4.69) is 22.2 Å². The molecule has 24 heavy (non-hydrogen) atoms. The minimum Gasteiger partial charge on any atom is -0.492 e. The van der Waals surface area contributed by atoms with Crippen LogP contribution in [0.25, 0.3) is 11.0 Å². The first-order valence-corrected chi connectivity index (χ1v) is 8.68. The van der Waals surface area contributed by atoms with E-state index >= 15 is 0 Å². The van der Waals surface area contributed by atoms with Crippen LogP contribution in [0.15, 0.2) is 36.4 Å². The van der Waals surface area contributed by atoms with Crippen molar-refractivity contribution in [1.82, 2.24) is 15.3 Å². The van der Waals surface area contributed by atoms with Crippen molar-refractivity contribution >= 4 is 34.2 Å². The number of aromatic amines is 1. The van der Waals surface area contributed by atoms with Crippen molar-refractivity contribution < 1.29 is 4.74 Å². The number of H-pyrrole nitrogens is 1. The standard InChI is InChI=1S/C18H19Cl2N3O/c1-2-7-24-18-12(8-13(19)9-14(18)20)10-21-11-17-22-15-5-3-4-6-16(15)23-17/h3-6,8-9,21H,2,7,10-11H2,1H3,(H,22,23). The highest BCUT2D eigenvalue weighted by Gasteiger charge is 2.11. The van der Waals surface area contributed by atoms with E-state index in [1.807, 2.05) is 30.3 Å². The molecule has 2 aromatic carbocycles. The van der Waals surface area contributed by atoms with Crippen molar-refractivity contribution in [3.8, 4) is 5.75 Å². The number of nitrogens with zero attached hydrogens (tertiary/aromatic N) is 1. The number of ether oxygens (including phenoxy) is 1. The Morgan fingerprint density at radius 1 is 1.17 bits per heavy atom. The molecule has 0 unspecified atom stereocenters. The molecule has 126 valence electrons. The summed E-state index contributed by atoms with van der Waals surface area (Å²) in [6, 6.07) is 11.6. The van der Waals surface area contributed by atoms with Crippen LogP contribution < -0.4 is 10.1 Å². The van der Waals surface area contributed by atoms with Gasteiger partial charge >= 0.3 is 0 Å². The maximum Gasteiger partial charge on any atom is 0.142 e. The van der Waals surface area contributed by atoms with Crippen molar-refractivity contribution in [2.24, 2.45) is 0 Å². The summed E-state index contributed by atoms with van der Waals surface area (Å²) in [6.07, 6.45) is 0.921. The topological polar surface area (TPSA) is 49.9 Å². The second-order valence-corrected chi connectivity index (χ2v) is 6.37. The number of halogens is 2. The molecule has 3 rings (SSSR count). The molecule has 0 bridgehead atoms. The van der Waals surface area contributed by atoms with E-state index in [9.17, 15) is 0 Å². The summed E-state index contributed by atoms with van der Waals surface area (Å²) in [5.74, 6) is 1.58. The molecule has 0 aliphatic rings. The van der Waals surface area contributed by atoms with E-state index in [4.69, 9.17) is 27.9 Å². The molecule has 0 spiro atoms. The molecule has 0 saturated heterocycles. The summed E-state index contributed by atoms with van der Waals surface area (Å²) < 4.78 is 5.77.